The third-order valence-electron chi connectivity index (χ3n) is 2.80. The molecular formula is C14H17N3O4. The van der Waals surface area contributed by atoms with Gasteiger partial charge in [-0.3, -0.25) is 0 Å². The molecule has 0 fully saturated rings. The first-order valence-electron chi connectivity index (χ1n) is 6.33. The van der Waals surface area contributed by atoms with Crippen LogP contribution in [0.3, 0.4) is 0 Å². The number of aliphatic carboxylic acids is 1. The van der Waals surface area contributed by atoms with E-state index in [1.807, 2.05) is 6.07 Å². The Morgan fingerprint density at radius 2 is 2.19 bits per heavy atom. The zero-order chi connectivity index (χ0) is 15.8. The predicted molar refractivity (Wildman–Crippen MR) is 74.3 cm³/mol. The Morgan fingerprint density at radius 3 is 2.81 bits per heavy atom. The number of benzene rings is 1. The zero-order valence-corrected chi connectivity index (χ0v) is 11.6. The Labute approximate surface area is 122 Å². The van der Waals surface area contributed by atoms with Gasteiger partial charge in [0.2, 0.25) is 0 Å². The molecule has 2 amide bonds. The first kappa shape index (κ1) is 16.5. The minimum atomic E-state index is -1.48. The number of carbonyl (C=O) groups is 2. The summed E-state index contributed by atoms with van der Waals surface area (Å²) in [5.74, 6) is -1.31. The van der Waals surface area contributed by atoms with E-state index >= 15 is 0 Å². The third-order valence-corrected chi connectivity index (χ3v) is 2.80. The molecule has 1 rings (SSSR count). The molecule has 1 aromatic rings. The van der Waals surface area contributed by atoms with E-state index in [0.717, 1.165) is 5.56 Å². The summed E-state index contributed by atoms with van der Waals surface area (Å²) in [6, 6.07) is 8.56. The number of nitrogens with one attached hydrogen (secondary N) is 1. The highest BCUT2D eigenvalue weighted by Crippen LogP contribution is 2.06. The van der Waals surface area contributed by atoms with Crippen LogP contribution in [0.4, 0.5) is 4.79 Å². The average molecular weight is 291 g/mol. The second kappa shape index (κ2) is 7.87. The van der Waals surface area contributed by atoms with E-state index in [9.17, 15) is 9.59 Å². The van der Waals surface area contributed by atoms with Crippen LogP contribution in [0, 0.1) is 11.3 Å². The number of carboxylic acids is 1. The van der Waals surface area contributed by atoms with E-state index in [1.54, 1.807) is 31.3 Å². The summed E-state index contributed by atoms with van der Waals surface area (Å²) in [7, 11) is 1.59. The van der Waals surface area contributed by atoms with Crippen LogP contribution in [0.5, 0.6) is 0 Å². The quantitative estimate of drug-likeness (QED) is 0.707. The highest BCUT2D eigenvalue weighted by Gasteiger charge is 2.14. The van der Waals surface area contributed by atoms with Crippen molar-refractivity contribution in [1.82, 2.24) is 10.2 Å². The van der Waals surface area contributed by atoms with E-state index in [2.05, 4.69) is 5.32 Å². The average Bonchev–Trinajstić information content (AvgIpc) is 2.46. The number of carboxylic acid groups (broad SMARTS) is 1. The lowest BCUT2D eigenvalue weighted by Gasteiger charge is -2.18. The van der Waals surface area contributed by atoms with Gasteiger partial charge in [0.1, 0.15) is 0 Å². The van der Waals surface area contributed by atoms with E-state index in [0.29, 0.717) is 12.1 Å². The fraction of sp³-hybridized carbons (Fsp3) is 0.357. The number of rotatable bonds is 6. The maximum Gasteiger partial charge on any atom is 0.332 e. The molecular weight excluding hydrogens is 274 g/mol. The largest absolute Gasteiger partial charge is 0.479 e. The van der Waals surface area contributed by atoms with Crippen molar-refractivity contribution >= 4 is 12.0 Å². The van der Waals surface area contributed by atoms with Crippen LogP contribution in [0.2, 0.25) is 0 Å². The number of aliphatic hydroxyl groups excluding tert-OH is 1. The predicted octanol–water partition coefficient (Wildman–Crippen LogP) is 0.535. The molecule has 0 aliphatic carbocycles. The van der Waals surface area contributed by atoms with Gasteiger partial charge in [-0.05, 0) is 17.7 Å². The molecule has 0 spiro atoms. The van der Waals surface area contributed by atoms with Crippen molar-refractivity contribution in [1.29, 1.82) is 5.26 Å². The molecule has 1 atom stereocenters. The molecule has 0 aliphatic heterocycles. The smallest absolute Gasteiger partial charge is 0.332 e. The second-order valence-corrected chi connectivity index (χ2v) is 4.54. The Bertz CT molecular complexity index is 553. The molecule has 1 unspecified atom stereocenters. The van der Waals surface area contributed by atoms with Crippen LogP contribution < -0.4 is 5.32 Å². The van der Waals surface area contributed by atoms with E-state index in [-0.39, 0.29) is 19.0 Å². The molecule has 0 heterocycles. The second-order valence-electron chi connectivity index (χ2n) is 4.54. The van der Waals surface area contributed by atoms with Crippen LogP contribution in [0.25, 0.3) is 0 Å². The van der Waals surface area contributed by atoms with Crippen LogP contribution in [0.1, 0.15) is 17.5 Å². The van der Waals surface area contributed by atoms with Gasteiger partial charge in [0, 0.05) is 26.6 Å². The molecule has 0 saturated heterocycles. The lowest BCUT2D eigenvalue weighted by atomic mass is 10.1. The standard InChI is InChI=1S/C14H17N3O4/c1-17(9-11-4-2-3-10(7-11)8-15)14(21)16-6-5-12(18)13(19)20/h2-4,7,12,18H,5-6,9H2,1H3,(H,16,21)(H,19,20). The van der Waals surface area contributed by atoms with Crippen LogP contribution in [-0.2, 0) is 11.3 Å². The van der Waals surface area contributed by atoms with Crippen LogP contribution >= 0.6 is 0 Å². The van der Waals surface area contributed by atoms with Gasteiger partial charge in [-0.25, -0.2) is 9.59 Å². The van der Waals surface area contributed by atoms with E-state index in [4.69, 9.17) is 15.5 Å². The summed E-state index contributed by atoms with van der Waals surface area (Å²) >= 11 is 0. The number of urea groups is 1. The van der Waals surface area contributed by atoms with Crippen molar-refractivity contribution in [3.63, 3.8) is 0 Å². The minimum Gasteiger partial charge on any atom is -0.479 e. The van der Waals surface area contributed by atoms with Gasteiger partial charge in [0.05, 0.1) is 11.6 Å². The Morgan fingerprint density at radius 1 is 1.48 bits per heavy atom. The van der Waals surface area contributed by atoms with Gasteiger partial charge in [-0.1, -0.05) is 12.1 Å². The number of hydrogen-bond acceptors (Lipinski definition) is 4. The summed E-state index contributed by atoms with van der Waals surface area (Å²) in [6.07, 6.45) is -1.54. The maximum atomic E-state index is 11.8. The van der Waals surface area contributed by atoms with Gasteiger partial charge in [0.25, 0.3) is 0 Å². The lowest BCUT2D eigenvalue weighted by Crippen LogP contribution is -2.38. The minimum absolute atomic E-state index is 0.0567. The third kappa shape index (κ3) is 5.50. The normalized spacial score (nSPS) is 11.3. The van der Waals surface area contributed by atoms with Crippen LogP contribution in [0.15, 0.2) is 24.3 Å². The molecule has 1 aromatic carbocycles. The summed E-state index contributed by atoms with van der Waals surface area (Å²) < 4.78 is 0. The molecule has 112 valence electrons. The molecule has 0 aliphatic rings. The highest BCUT2D eigenvalue weighted by atomic mass is 16.4. The topological polar surface area (TPSA) is 114 Å². The number of carbonyl (C=O) groups excluding carboxylic acids is 1. The summed E-state index contributed by atoms with van der Waals surface area (Å²) in [5.41, 5.74) is 1.34. The summed E-state index contributed by atoms with van der Waals surface area (Å²) in [5, 5.41) is 28.9. The number of hydrogen-bond donors (Lipinski definition) is 3. The van der Waals surface area contributed by atoms with Gasteiger partial charge < -0.3 is 20.4 Å². The lowest BCUT2D eigenvalue weighted by molar-refractivity contribution is -0.146. The van der Waals surface area contributed by atoms with Crippen molar-refractivity contribution < 1.29 is 19.8 Å². The van der Waals surface area contributed by atoms with Crippen molar-refractivity contribution in [2.24, 2.45) is 0 Å². The van der Waals surface area contributed by atoms with E-state index in [1.165, 1.54) is 4.90 Å². The van der Waals surface area contributed by atoms with Crippen LogP contribution in [-0.4, -0.2) is 46.8 Å². The molecule has 0 aromatic heterocycles. The van der Waals surface area contributed by atoms with Crippen molar-refractivity contribution in [2.75, 3.05) is 13.6 Å². The molecule has 0 bridgehead atoms. The fourth-order valence-electron chi connectivity index (χ4n) is 1.66. The molecule has 0 radical (unpaired) electrons. The summed E-state index contributed by atoms with van der Waals surface area (Å²) in [4.78, 5) is 23.6. The number of nitriles is 1. The molecule has 7 nitrogen and oxygen atoms in total. The number of amides is 2. The Kier molecular flexibility index (Phi) is 6.17. The summed E-state index contributed by atoms with van der Waals surface area (Å²) in [6.45, 7) is 0.387. The Hall–Kier alpha value is -2.59. The van der Waals surface area contributed by atoms with Crippen molar-refractivity contribution in [3.8, 4) is 6.07 Å². The number of nitrogens with zero attached hydrogens (tertiary/aromatic N) is 2. The molecule has 7 heteroatoms. The van der Waals surface area contributed by atoms with Gasteiger partial charge in [0.15, 0.2) is 6.10 Å². The van der Waals surface area contributed by atoms with Gasteiger partial charge in [-0.15, -0.1) is 0 Å². The van der Waals surface area contributed by atoms with E-state index < -0.39 is 12.1 Å². The first-order chi connectivity index (χ1) is 9.93. The molecule has 3 N–H and O–H groups in total. The fourth-order valence-corrected chi connectivity index (χ4v) is 1.66. The first-order valence-corrected chi connectivity index (χ1v) is 6.33. The zero-order valence-electron chi connectivity index (χ0n) is 11.6. The Balaban J connectivity index is 2.44. The van der Waals surface area contributed by atoms with Crippen molar-refractivity contribution in [2.45, 2.75) is 19.1 Å². The monoisotopic (exact) mass is 291 g/mol. The van der Waals surface area contributed by atoms with Crippen molar-refractivity contribution in [3.05, 3.63) is 35.4 Å². The highest BCUT2D eigenvalue weighted by molar-refractivity contribution is 5.74. The van der Waals surface area contributed by atoms with Gasteiger partial charge >= 0.3 is 12.0 Å². The maximum absolute atomic E-state index is 11.8. The molecule has 0 saturated carbocycles. The number of aliphatic hydroxyl groups is 1. The SMILES string of the molecule is CN(Cc1cccc(C#N)c1)C(=O)NCCC(O)C(=O)O. The van der Waals surface area contributed by atoms with Gasteiger partial charge in [-0.2, -0.15) is 5.26 Å². The molecule has 21 heavy (non-hydrogen) atoms.